The van der Waals surface area contributed by atoms with Crippen LogP contribution < -0.4 is 10.3 Å². The van der Waals surface area contributed by atoms with Gasteiger partial charge in [-0.25, -0.2) is 19.1 Å². The van der Waals surface area contributed by atoms with E-state index < -0.39 is 18.0 Å². The van der Waals surface area contributed by atoms with Gasteiger partial charge in [-0.3, -0.25) is 0 Å². The van der Waals surface area contributed by atoms with Crippen molar-refractivity contribution in [2.24, 2.45) is 5.14 Å². The molecule has 21 heavy (non-hydrogen) atoms. The van der Waals surface area contributed by atoms with Crippen LogP contribution in [0.4, 0.5) is 0 Å². The van der Waals surface area contributed by atoms with Crippen LogP contribution in [0.5, 0.6) is 0 Å². The van der Waals surface area contributed by atoms with E-state index in [0.29, 0.717) is 0 Å². The Morgan fingerprint density at radius 1 is 1.38 bits per heavy atom. The van der Waals surface area contributed by atoms with Gasteiger partial charge in [0, 0.05) is 12.7 Å². The number of nitrogens with zero attached hydrogens (tertiary/aromatic N) is 2. The minimum absolute atomic E-state index is 0.0604. The van der Waals surface area contributed by atoms with Crippen LogP contribution in [0.3, 0.4) is 0 Å². The Morgan fingerprint density at radius 2 is 1.90 bits per heavy atom. The van der Waals surface area contributed by atoms with Gasteiger partial charge in [0.25, 0.3) is 0 Å². The average Bonchev–Trinajstić information content (AvgIpc) is 2.24. The number of hydrogen-bond donors (Lipinski definition) is 2. The van der Waals surface area contributed by atoms with Crippen LogP contribution in [-0.2, 0) is 16.5 Å². The fourth-order valence-corrected chi connectivity index (χ4v) is 5.81. The van der Waals surface area contributed by atoms with Gasteiger partial charge in [0.15, 0.2) is 0 Å². The van der Waals surface area contributed by atoms with Gasteiger partial charge >= 0.3 is 0 Å². The van der Waals surface area contributed by atoms with Crippen molar-refractivity contribution in [2.75, 3.05) is 14.1 Å². The molecule has 0 bridgehead atoms. The third-order valence-electron chi connectivity index (χ3n) is 4.24. The fraction of sp³-hybridized carbons (Fsp3) is 0.643. The first-order chi connectivity index (χ1) is 9.26. The molecule has 120 valence electrons. The molecular weight excluding hydrogens is 300 g/mol. The molecule has 0 radical (unpaired) electrons. The second-order valence-electron chi connectivity index (χ2n) is 7.41. The third-order valence-corrected chi connectivity index (χ3v) is 10.8. The molecule has 0 saturated carbocycles. The molecule has 7 heteroatoms. The number of aromatic nitrogens is 1. The summed E-state index contributed by atoms with van der Waals surface area (Å²) in [6.07, 6.45) is 1.69. The SMILES string of the molecule is CN(C)Cc1cnc(S(=N)(N)=O)c([Si](C)(C)C(C)(C)C)c1. The third kappa shape index (κ3) is 4.12. The Labute approximate surface area is 130 Å². The van der Waals surface area contributed by atoms with Crippen molar-refractivity contribution in [1.29, 1.82) is 4.78 Å². The van der Waals surface area contributed by atoms with Crippen LogP contribution >= 0.6 is 0 Å². The van der Waals surface area contributed by atoms with Crippen LogP contribution in [0.15, 0.2) is 17.3 Å². The van der Waals surface area contributed by atoms with E-state index >= 15 is 0 Å². The molecule has 1 unspecified atom stereocenters. The van der Waals surface area contributed by atoms with Crippen LogP contribution in [0.1, 0.15) is 26.3 Å². The maximum Gasteiger partial charge on any atom is 0.149 e. The topological polar surface area (TPSA) is 83.1 Å². The molecule has 0 fully saturated rings. The largest absolute Gasteiger partial charge is 0.305 e. The lowest BCUT2D eigenvalue weighted by atomic mass is 10.2. The van der Waals surface area contributed by atoms with Crippen LogP contribution in [0.2, 0.25) is 18.1 Å². The molecule has 0 aliphatic carbocycles. The predicted molar refractivity (Wildman–Crippen MR) is 91.8 cm³/mol. The number of hydrogen-bond acceptors (Lipinski definition) is 4. The molecule has 3 N–H and O–H groups in total. The highest BCUT2D eigenvalue weighted by atomic mass is 32.2. The minimum atomic E-state index is -3.31. The summed E-state index contributed by atoms with van der Waals surface area (Å²) in [5.74, 6) is 0. The van der Waals surface area contributed by atoms with Gasteiger partial charge in [-0.05, 0) is 29.9 Å². The Bertz CT molecular complexity index is 618. The molecule has 1 atom stereocenters. The highest BCUT2D eigenvalue weighted by Crippen LogP contribution is 2.36. The maximum atomic E-state index is 12.1. The zero-order valence-electron chi connectivity index (χ0n) is 14.2. The molecule has 0 amide bonds. The monoisotopic (exact) mass is 328 g/mol. The second-order valence-corrected chi connectivity index (χ2v) is 14.3. The van der Waals surface area contributed by atoms with Gasteiger partial charge in [-0.1, -0.05) is 39.9 Å². The maximum absolute atomic E-state index is 12.1. The summed E-state index contributed by atoms with van der Waals surface area (Å²) >= 11 is 0. The Hall–Kier alpha value is -0.763. The summed E-state index contributed by atoms with van der Waals surface area (Å²) in [7, 11) is -1.30. The lowest BCUT2D eigenvalue weighted by Gasteiger charge is -2.38. The van der Waals surface area contributed by atoms with E-state index in [-0.39, 0.29) is 10.1 Å². The van der Waals surface area contributed by atoms with Crippen molar-refractivity contribution in [3.05, 3.63) is 17.8 Å². The summed E-state index contributed by atoms with van der Waals surface area (Å²) in [6.45, 7) is 11.8. The van der Waals surface area contributed by atoms with E-state index in [9.17, 15) is 4.21 Å². The smallest absolute Gasteiger partial charge is 0.149 e. The lowest BCUT2D eigenvalue weighted by Crippen LogP contribution is -2.52. The quantitative estimate of drug-likeness (QED) is 0.831. The van der Waals surface area contributed by atoms with E-state index in [1.165, 1.54) is 0 Å². The first-order valence-corrected chi connectivity index (χ1v) is 11.6. The zero-order valence-corrected chi connectivity index (χ0v) is 16.0. The molecule has 1 aromatic heterocycles. The lowest BCUT2D eigenvalue weighted by molar-refractivity contribution is 0.402. The van der Waals surface area contributed by atoms with E-state index in [1.54, 1.807) is 6.20 Å². The molecule has 0 saturated heterocycles. The van der Waals surface area contributed by atoms with Gasteiger partial charge in [-0.15, -0.1) is 0 Å². The van der Waals surface area contributed by atoms with Crippen LogP contribution in [0, 0.1) is 4.78 Å². The van der Waals surface area contributed by atoms with E-state index in [1.807, 2.05) is 14.1 Å². The standard InChI is InChI=1S/C14H28N4OSSi/c1-14(2,3)21(6,7)12-8-11(10-18(4)5)9-17-13(12)20(15,16)19/h8-9H,10H2,1-7H3,(H3,15,16,19). The predicted octanol–water partition coefficient (Wildman–Crippen LogP) is 2.14. The normalized spacial score (nSPS) is 16.0. The summed E-state index contributed by atoms with van der Waals surface area (Å²) in [5.41, 5.74) is 1.06. The fourth-order valence-electron chi connectivity index (χ4n) is 2.04. The number of nitrogens with one attached hydrogen (secondary N) is 1. The summed E-state index contributed by atoms with van der Waals surface area (Å²) in [5, 5.41) is 6.86. The average molecular weight is 329 g/mol. The number of pyridine rings is 1. The van der Waals surface area contributed by atoms with Gasteiger partial charge < -0.3 is 4.90 Å². The van der Waals surface area contributed by atoms with Crippen molar-refractivity contribution in [2.45, 2.75) is 50.5 Å². The molecule has 5 nitrogen and oxygen atoms in total. The summed E-state index contributed by atoms with van der Waals surface area (Å²) in [4.78, 5) is 6.36. The Balaban J connectivity index is 3.58. The van der Waals surface area contributed by atoms with E-state index in [0.717, 1.165) is 17.3 Å². The van der Waals surface area contributed by atoms with Crippen molar-refractivity contribution < 1.29 is 4.21 Å². The Kier molecular flexibility index (Phi) is 5.04. The molecule has 0 aromatic carbocycles. The van der Waals surface area contributed by atoms with Crippen LogP contribution in [0.25, 0.3) is 0 Å². The van der Waals surface area contributed by atoms with Crippen molar-refractivity contribution in [3.8, 4) is 0 Å². The molecule has 1 rings (SSSR count). The molecule has 0 spiro atoms. The summed E-state index contributed by atoms with van der Waals surface area (Å²) < 4.78 is 19.9. The van der Waals surface area contributed by atoms with Crippen molar-refractivity contribution in [1.82, 2.24) is 9.88 Å². The molecule has 0 aliphatic rings. The minimum Gasteiger partial charge on any atom is -0.305 e. The number of nitrogens with two attached hydrogens (primary N) is 1. The molecule has 1 aromatic rings. The van der Waals surface area contributed by atoms with Gasteiger partial charge in [0.1, 0.15) is 14.9 Å². The van der Waals surface area contributed by atoms with E-state index in [2.05, 4.69) is 49.8 Å². The van der Waals surface area contributed by atoms with Crippen LogP contribution in [-0.4, -0.2) is 36.3 Å². The summed E-state index contributed by atoms with van der Waals surface area (Å²) in [6, 6.07) is 2.06. The molecule has 0 aliphatic heterocycles. The zero-order chi connectivity index (χ0) is 16.6. The van der Waals surface area contributed by atoms with Crippen molar-refractivity contribution >= 4 is 23.2 Å². The van der Waals surface area contributed by atoms with Crippen molar-refractivity contribution in [3.63, 3.8) is 0 Å². The van der Waals surface area contributed by atoms with Gasteiger partial charge in [0.05, 0.1) is 8.07 Å². The number of rotatable bonds is 4. The Morgan fingerprint density at radius 3 is 2.29 bits per heavy atom. The van der Waals surface area contributed by atoms with E-state index in [4.69, 9.17) is 9.92 Å². The van der Waals surface area contributed by atoms with Gasteiger partial charge in [0.2, 0.25) is 0 Å². The molecule has 1 heterocycles. The second kappa shape index (κ2) is 5.79. The van der Waals surface area contributed by atoms with Gasteiger partial charge in [-0.2, -0.15) is 0 Å². The first kappa shape index (κ1) is 18.3. The first-order valence-electron chi connectivity index (χ1n) is 6.97. The molecular formula is C14H28N4OSSi. The highest BCUT2D eigenvalue weighted by Gasteiger charge is 2.40. The highest BCUT2D eigenvalue weighted by molar-refractivity contribution is 7.90.